The van der Waals surface area contributed by atoms with Crippen molar-refractivity contribution in [2.75, 3.05) is 26.2 Å². The first-order valence-electron chi connectivity index (χ1n) is 10.0. The van der Waals surface area contributed by atoms with Gasteiger partial charge in [-0.25, -0.2) is 9.67 Å². The molecule has 4 aromatic rings. The van der Waals surface area contributed by atoms with E-state index in [0.717, 1.165) is 16.5 Å². The van der Waals surface area contributed by atoms with Gasteiger partial charge in [-0.1, -0.05) is 18.2 Å². The van der Waals surface area contributed by atoms with Crippen LogP contribution in [0, 0.1) is 0 Å². The van der Waals surface area contributed by atoms with Crippen LogP contribution in [0.3, 0.4) is 0 Å². The monoisotopic (exact) mass is 435 g/mol. The van der Waals surface area contributed by atoms with Gasteiger partial charge in [-0.05, 0) is 11.6 Å². The van der Waals surface area contributed by atoms with Crippen molar-refractivity contribution in [3.8, 4) is 17.2 Å². The summed E-state index contributed by atoms with van der Waals surface area (Å²) in [4.78, 5) is 19.1. The van der Waals surface area contributed by atoms with Gasteiger partial charge < -0.3 is 23.7 Å². The molecule has 0 saturated heterocycles. The Kier molecular flexibility index (Phi) is 5.98. The second-order valence-corrected chi connectivity index (χ2v) is 7.24. The summed E-state index contributed by atoms with van der Waals surface area (Å²) in [5.41, 5.74) is 2.73. The SMILES string of the molecule is COc1cc(N(Cc2cn(C)c3ccccc23)C(=O)Cn2cncn2)cc(OC)c1OC. The zero-order chi connectivity index (χ0) is 22.7. The van der Waals surface area contributed by atoms with E-state index in [2.05, 4.69) is 26.8 Å². The summed E-state index contributed by atoms with van der Waals surface area (Å²) in [5.74, 6) is 1.25. The predicted octanol–water partition coefficient (Wildman–Crippen LogP) is 3.03. The van der Waals surface area contributed by atoms with Crippen LogP contribution in [0.2, 0.25) is 0 Å². The number of carbonyl (C=O) groups is 1. The molecule has 0 N–H and O–H groups in total. The number of hydrogen-bond acceptors (Lipinski definition) is 6. The number of aromatic nitrogens is 4. The van der Waals surface area contributed by atoms with Crippen LogP contribution < -0.4 is 19.1 Å². The molecule has 166 valence electrons. The zero-order valence-electron chi connectivity index (χ0n) is 18.5. The van der Waals surface area contributed by atoms with Gasteiger partial charge in [-0.15, -0.1) is 0 Å². The van der Waals surface area contributed by atoms with E-state index in [1.165, 1.54) is 17.3 Å². The van der Waals surface area contributed by atoms with Crippen LogP contribution in [0.4, 0.5) is 5.69 Å². The predicted molar refractivity (Wildman–Crippen MR) is 120 cm³/mol. The van der Waals surface area contributed by atoms with Crippen molar-refractivity contribution in [1.82, 2.24) is 19.3 Å². The van der Waals surface area contributed by atoms with Crippen LogP contribution in [-0.2, 0) is 24.9 Å². The fourth-order valence-corrected chi connectivity index (χ4v) is 3.81. The number of para-hydroxylation sites is 1. The molecule has 0 spiro atoms. The average molecular weight is 435 g/mol. The lowest BCUT2D eigenvalue weighted by molar-refractivity contribution is -0.119. The van der Waals surface area contributed by atoms with Crippen molar-refractivity contribution >= 4 is 22.5 Å². The highest BCUT2D eigenvalue weighted by Crippen LogP contribution is 2.41. The van der Waals surface area contributed by atoms with Gasteiger partial charge in [0.25, 0.3) is 0 Å². The number of fused-ring (bicyclic) bond motifs is 1. The van der Waals surface area contributed by atoms with Gasteiger partial charge in [0.05, 0.1) is 33.6 Å². The standard InChI is InChI=1S/C23H25N5O4/c1-26-11-16(18-7-5-6-8-19(18)26)12-28(22(29)13-27-15-24-14-25-27)17-9-20(30-2)23(32-4)21(10-17)31-3/h5-11,14-15H,12-13H2,1-4H3. The zero-order valence-corrected chi connectivity index (χ0v) is 18.5. The highest BCUT2D eigenvalue weighted by molar-refractivity contribution is 5.95. The number of anilines is 1. The highest BCUT2D eigenvalue weighted by Gasteiger charge is 2.23. The van der Waals surface area contributed by atoms with E-state index in [-0.39, 0.29) is 12.5 Å². The third-order valence-corrected chi connectivity index (χ3v) is 5.33. The summed E-state index contributed by atoms with van der Waals surface area (Å²) in [7, 11) is 6.64. The summed E-state index contributed by atoms with van der Waals surface area (Å²) in [6.07, 6.45) is 4.96. The van der Waals surface area contributed by atoms with E-state index in [1.807, 2.05) is 25.4 Å². The Balaban J connectivity index is 1.80. The van der Waals surface area contributed by atoms with Crippen molar-refractivity contribution in [3.05, 3.63) is 60.8 Å². The molecule has 2 aromatic heterocycles. The number of amides is 1. The molecule has 0 radical (unpaired) electrons. The third-order valence-electron chi connectivity index (χ3n) is 5.33. The molecule has 0 aliphatic rings. The Morgan fingerprint density at radius 2 is 1.78 bits per heavy atom. The first kappa shape index (κ1) is 21.2. The first-order valence-corrected chi connectivity index (χ1v) is 10.0. The lowest BCUT2D eigenvalue weighted by Crippen LogP contribution is -2.33. The Bertz CT molecular complexity index is 1210. The number of rotatable bonds is 8. The summed E-state index contributed by atoms with van der Waals surface area (Å²) in [6.45, 7) is 0.398. The van der Waals surface area contributed by atoms with E-state index in [0.29, 0.717) is 29.5 Å². The maximum atomic E-state index is 13.4. The maximum Gasteiger partial charge on any atom is 0.249 e. The minimum Gasteiger partial charge on any atom is -0.493 e. The third kappa shape index (κ3) is 3.96. The average Bonchev–Trinajstić information content (AvgIpc) is 3.44. The number of aryl methyl sites for hydroxylation is 1. The van der Waals surface area contributed by atoms with Gasteiger partial charge >= 0.3 is 0 Å². The molecule has 2 aromatic carbocycles. The molecule has 0 aliphatic heterocycles. The first-order chi connectivity index (χ1) is 15.5. The summed E-state index contributed by atoms with van der Waals surface area (Å²) in [6, 6.07) is 11.6. The number of carbonyl (C=O) groups excluding carboxylic acids is 1. The largest absolute Gasteiger partial charge is 0.493 e. The second kappa shape index (κ2) is 9.01. The van der Waals surface area contributed by atoms with Crippen LogP contribution in [-0.4, -0.2) is 46.6 Å². The molecule has 4 rings (SSSR count). The summed E-state index contributed by atoms with van der Waals surface area (Å²) >= 11 is 0. The number of hydrogen-bond donors (Lipinski definition) is 0. The molecule has 32 heavy (non-hydrogen) atoms. The van der Waals surface area contributed by atoms with E-state index >= 15 is 0 Å². The minimum absolute atomic E-state index is 0.0431. The van der Waals surface area contributed by atoms with E-state index < -0.39 is 0 Å². The van der Waals surface area contributed by atoms with Crippen LogP contribution >= 0.6 is 0 Å². The summed E-state index contributed by atoms with van der Waals surface area (Å²) in [5, 5.41) is 5.16. The van der Waals surface area contributed by atoms with Gasteiger partial charge in [0.1, 0.15) is 19.2 Å². The molecular formula is C23H25N5O4. The Morgan fingerprint density at radius 1 is 1.06 bits per heavy atom. The fraction of sp³-hybridized carbons (Fsp3) is 0.261. The van der Waals surface area contributed by atoms with Crippen molar-refractivity contribution < 1.29 is 19.0 Å². The minimum atomic E-state index is -0.155. The van der Waals surface area contributed by atoms with Crippen molar-refractivity contribution in [2.24, 2.45) is 7.05 Å². The number of benzene rings is 2. The molecule has 0 atom stereocenters. The van der Waals surface area contributed by atoms with Gasteiger partial charge in [0.2, 0.25) is 11.7 Å². The molecule has 2 heterocycles. The molecule has 0 saturated carbocycles. The van der Waals surface area contributed by atoms with Crippen LogP contribution in [0.1, 0.15) is 5.56 Å². The lowest BCUT2D eigenvalue weighted by Gasteiger charge is -2.25. The highest BCUT2D eigenvalue weighted by atomic mass is 16.5. The number of ether oxygens (including phenoxy) is 3. The van der Waals surface area contributed by atoms with Crippen LogP contribution in [0.5, 0.6) is 17.2 Å². The van der Waals surface area contributed by atoms with Crippen LogP contribution in [0.25, 0.3) is 10.9 Å². The Labute approximate surface area is 185 Å². The van der Waals surface area contributed by atoms with E-state index in [9.17, 15) is 4.79 Å². The molecule has 1 amide bonds. The second-order valence-electron chi connectivity index (χ2n) is 7.24. The van der Waals surface area contributed by atoms with Crippen molar-refractivity contribution in [3.63, 3.8) is 0 Å². The van der Waals surface area contributed by atoms with Gasteiger partial charge in [-0.3, -0.25) is 4.79 Å². The van der Waals surface area contributed by atoms with Gasteiger partial charge in [-0.2, -0.15) is 5.10 Å². The molecule has 0 bridgehead atoms. The summed E-state index contributed by atoms with van der Waals surface area (Å²) < 4.78 is 20.0. The van der Waals surface area contributed by atoms with Crippen molar-refractivity contribution in [2.45, 2.75) is 13.1 Å². The van der Waals surface area contributed by atoms with Gasteiger partial charge in [0.15, 0.2) is 11.5 Å². The fourth-order valence-electron chi connectivity index (χ4n) is 3.81. The Morgan fingerprint density at radius 3 is 2.41 bits per heavy atom. The topological polar surface area (TPSA) is 83.6 Å². The molecular weight excluding hydrogens is 410 g/mol. The smallest absolute Gasteiger partial charge is 0.249 e. The number of methoxy groups -OCH3 is 3. The molecule has 0 fully saturated rings. The molecule has 0 unspecified atom stereocenters. The normalized spacial score (nSPS) is 10.9. The number of nitrogens with zero attached hydrogens (tertiary/aromatic N) is 5. The Hall–Kier alpha value is -4.01. The molecule has 9 nitrogen and oxygen atoms in total. The van der Waals surface area contributed by atoms with E-state index in [1.54, 1.807) is 38.4 Å². The molecule has 9 heteroatoms. The van der Waals surface area contributed by atoms with Gasteiger partial charge in [0, 0.05) is 36.3 Å². The van der Waals surface area contributed by atoms with Crippen LogP contribution in [0.15, 0.2) is 55.2 Å². The lowest BCUT2D eigenvalue weighted by atomic mass is 10.1. The van der Waals surface area contributed by atoms with E-state index in [4.69, 9.17) is 14.2 Å². The molecule has 0 aliphatic carbocycles. The maximum absolute atomic E-state index is 13.4. The quantitative estimate of drug-likeness (QED) is 0.423. The van der Waals surface area contributed by atoms with Crippen molar-refractivity contribution in [1.29, 1.82) is 0 Å².